The van der Waals surface area contributed by atoms with Crippen molar-refractivity contribution in [1.82, 2.24) is 0 Å². The first kappa shape index (κ1) is 13.7. The maximum atomic E-state index is 11.3. The summed E-state index contributed by atoms with van der Waals surface area (Å²) in [6, 6.07) is 5.23. The van der Waals surface area contributed by atoms with E-state index in [1.54, 1.807) is 12.1 Å². The van der Waals surface area contributed by atoms with E-state index < -0.39 is 5.91 Å². The summed E-state index contributed by atoms with van der Waals surface area (Å²) >= 11 is 0. The van der Waals surface area contributed by atoms with Gasteiger partial charge in [-0.2, -0.15) is 0 Å². The van der Waals surface area contributed by atoms with E-state index in [0.717, 1.165) is 24.6 Å². The molecule has 0 saturated heterocycles. The van der Waals surface area contributed by atoms with E-state index >= 15 is 0 Å². The van der Waals surface area contributed by atoms with Gasteiger partial charge in [-0.3, -0.25) is 4.79 Å². The molecule has 1 aliphatic carbocycles. The molecule has 2 rings (SSSR count). The highest BCUT2D eigenvalue weighted by Gasteiger charge is 2.14. The first-order valence-electron chi connectivity index (χ1n) is 7.10. The zero-order chi connectivity index (χ0) is 13.7. The van der Waals surface area contributed by atoms with Gasteiger partial charge in [-0.1, -0.05) is 25.7 Å². The Morgan fingerprint density at radius 3 is 2.74 bits per heavy atom. The van der Waals surface area contributed by atoms with E-state index in [0.29, 0.717) is 11.3 Å². The quantitative estimate of drug-likeness (QED) is 0.544. The lowest BCUT2D eigenvalue weighted by Gasteiger charge is -2.12. The number of amides is 1. The maximum Gasteiger partial charge on any atom is 0.250 e. The molecule has 104 valence electrons. The Bertz CT molecular complexity index is 439. The number of anilines is 2. The van der Waals surface area contributed by atoms with Crippen LogP contribution in [0.3, 0.4) is 0 Å². The van der Waals surface area contributed by atoms with Crippen LogP contribution in [-0.4, -0.2) is 12.5 Å². The Labute approximate surface area is 114 Å². The van der Waals surface area contributed by atoms with Crippen molar-refractivity contribution in [3.05, 3.63) is 23.8 Å². The van der Waals surface area contributed by atoms with E-state index in [4.69, 9.17) is 11.5 Å². The number of benzene rings is 1. The van der Waals surface area contributed by atoms with Crippen LogP contribution in [0.1, 0.15) is 48.9 Å². The standard InChI is InChI=1S/C15H23N3O/c16-12-7-8-14(13(10-12)15(17)19)18-9-3-6-11-4-1-2-5-11/h7-8,10-11,18H,1-6,9,16H2,(H2,17,19). The van der Waals surface area contributed by atoms with E-state index in [2.05, 4.69) is 5.32 Å². The summed E-state index contributed by atoms with van der Waals surface area (Å²) in [7, 11) is 0. The average Bonchev–Trinajstić information content (AvgIpc) is 2.89. The predicted molar refractivity (Wildman–Crippen MR) is 79.1 cm³/mol. The number of nitrogen functional groups attached to an aromatic ring is 1. The summed E-state index contributed by atoms with van der Waals surface area (Å²) in [5, 5.41) is 3.29. The van der Waals surface area contributed by atoms with Crippen LogP contribution in [0.4, 0.5) is 11.4 Å². The second-order valence-corrected chi connectivity index (χ2v) is 5.39. The number of hydrogen-bond donors (Lipinski definition) is 3. The third-order valence-electron chi connectivity index (χ3n) is 3.89. The Hall–Kier alpha value is -1.71. The number of nitrogens with two attached hydrogens (primary N) is 2. The minimum absolute atomic E-state index is 0.439. The highest BCUT2D eigenvalue weighted by Crippen LogP contribution is 2.28. The van der Waals surface area contributed by atoms with Gasteiger partial charge < -0.3 is 16.8 Å². The fourth-order valence-corrected chi connectivity index (χ4v) is 2.83. The van der Waals surface area contributed by atoms with Gasteiger partial charge in [0.1, 0.15) is 0 Å². The molecule has 1 aromatic carbocycles. The summed E-state index contributed by atoms with van der Waals surface area (Å²) in [4.78, 5) is 11.3. The molecule has 1 aromatic rings. The van der Waals surface area contributed by atoms with Crippen LogP contribution in [0.25, 0.3) is 0 Å². The van der Waals surface area contributed by atoms with Gasteiger partial charge in [0, 0.05) is 17.9 Å². The Balaban J connectivity index is 1.83. The Morgan fingerprint density at radius 1 is 1.32 bits per heavy atom. The molecule has 1 fully saturated rings. The van der Waals surface area contributed by atoms with Crippen LogP contribution < -0.4 is 16.8 Å². The van der Waals surface area contributed by atoms with Gasteiger partial charge >= 0.3 is 0 Å². The lowest BCUT2D eigenvalue weighted by atomic mass is 10.0. The van der Waals surface area contributed by atoms with Crippen molar-refractivity contribution >= 4 is 17.3 Å². The molecule has 5 N–H and O–H groups in total. The topological polar surface area (TPSA) is 81.1 Å². The third-order valence-corrected chi connectivity index (χ3v) is 3.89. The summed E-state index contributed by atoms with van der Waals surface area (Å²) in [5.74, 6) is 0.467. The number of carbonyl (C=O) groups excluding carboxylic acids is 1. The molecule has 0 aromatic heterocycles. The molecule has 1 amide bonds. The van der Waals surface area contributed by atoms with E-state index in [9.17, 15) is 4.79 Å². The maximum absolute atomic E-state index is 11.3. The van der Waals surface area contributed by atoms with Crippen molar-refractivity contribution < 1.29 is 4.79 Å². The second-order valence-electron chi connectivity index (χ2n) is 5.39. The van der Waals surface area contributed by atoms with Crippen molar-refractivity contribution in [2.45, 2.75) is 38.5 Å². The number of nitrogens with one attached hydrogen (secondary N) is 1. The van der Waals surface area contributed by atoms with Gasteiger partial charge in [-0.25, -0.2) is 0 Å². The average molecular weight is 261 g/mol. The minimum Gasteiger partial charge on any atom is -0.399 e. The monoisotopic (exact) mass is 261 g/mol. The fraction of sp³-hybridized carbons (Fsp3) is 0.533. The molecule has 0 bridgehead atoms. The molecule has 1 aliphatic rings. The van der Waals surface area contributed by atoms with Crippen LogP contribution >= 0.6 is 0 Å². The van der Waals surface area contributed by atoms with E-state index in [1.165, 1.54) is 32.1 Å². The highest BCUT2D eigenvalue weighted by atomic mass is 16.1. The molecule has 4 heteroatoms. The molecule has 0 aliphatic heterocycles. The summed E-state index contributed by atoms with van der Waals surface area (Å²) in [6.07, 6.45) is 7.95. The van der Waals surface area contributed by atoms with E-state index in [1.807, 2.05) is 6.07 Å². The molecule has 0 radical (unpaired) electrons. The van der Waals surface area contributed by atoms with Gasteiger partial charge in [-0.15, -0.1) is 0 Å². The molecule has 1 saturated carbocycles. The van der Waals surface area contributed by atoms with Gasteiger partial charge in [0.25, 0.3) is 5.91 Å². The minimum atomic E-state index is -0.439. The smallest absolute Gasteiger partial charge is 0.250 e. The summed E-state index contributed by atoms with van der Waals surface area (Å²) in [6.45, 7) is 0.876. The van der Waals surface area contributed by atoms with Crippen molar-refractivity contribution in [2.75, 3.05) is 17.6 Å². The lowest BCUT2D eigenvalue weighted by Crippen LogP contribution is -2.15. The van der Waals surface area contributed by atoms with Crippen LogP contribution in [-0.2, 0) is 0 Å². The normalized spacial score (nSPS) is 15.6. The molecule has 0 atom stereocenters. The van der Waals surface area contributed by atoms with Crippen molar-refractivity contribution in [1.29, 1.82) is 0 Å². The van der Waals surface area contributed by atoms with Crippen molar-refractivity contribution in [2.24, 2.45) is 11.7 Å². The number of rotatable bonds is 6. The molecule has 0 unspecified atom stereocenters. The van der Waals surface area contributed by atoms with Gasteiger partial charge in [0.2, 0.25) is 0 Å². The van der Waals surface area contributed by atoms with Crippen LogP contribution in [0.15, 0.2) is 18.2 Å². The molecule has 19 heavy (non-hydrogen) atoms. The highest BCUT2D eigenvalue weighted by molar-refractivity contribution is 5.99. The van der Waals surface area contributed by atoms with E-state index in [-0.39, 0.29) is 0 Å². The summed E-state index contributed by atoms with van der Waals surface area (Å²) in [5.41, 5.74) is 12.8. The predicted octanol–water partition coefficient (Wildman–Crippen LogP) is 2.75. The molecular formula is C15H23N3O. The van der Waals surface area contributed by atoms with Crippen LogP contribution in [0, 0.1) is 5.92 Å². The van der Waals surface area contributed by atoms with Crippen LogP contribution in [0.2, 0.25) is 0 Å². The number of carbonyl (C=O) groups is 1. The number of primary amides is 1. The SMILES string of the molecule is NC(=O)c1cc(N)ccc1NCCCC1CCCC1. The Morgan fingerprint density at radius 2 is 2.05 bits per heavy atom. The summed E-state index contributed by atoms with van der Waals surface area (Å²) < 4.78 is 0. The largest absolute Gasteiger partial charge is 0.399 e. The third kappa shape index (κ3) is 3.88. The zero-order valence-electron chi connectivity index (χ0n) is 11.3. The second kappa shape index (κ2) is 6.45. The van der Waals surface area contributed by atoms with Gasteiger partial charge in [0.05, 0.1) is 5.56 Å². The van der Waals surface area contributed by atoms with Crippen LogP contribution in [0.5, 0.6) is 0 Å². The fourth-order valence-electron chi connectivity index (χ4n) is 2.83. The zero-order valence-corrected chi connectivity index (χ0v) is 11.3. The molecule has 0 heterocycles. The Kier molecular flexibility index (Phi) is 4.66. The molecule has 0 spiro atoms. The van der Waals surface area contributed by atoms with Gasteiger partial charge in [-0.05, 0) is 37.0 Å². The molecule has 4 nitrogen and oxygen atoms in total. The lowest BCUT2D eigenvalue weighted by molar-refractivity contribution is 0.100. The van der Waals surface area contributed by atoms with Crippen molar-refractivity contribution in [3.63, 3.8) is 0 Å². The van der Waals surface area contributed by atoms with Gasteiger partial charge in [0.15, 0.2) is 0 Å². The number of hydrogen-bond acceptors (Lipinski definition) is 3. The molecular weight excluding hydrogens is 238 g/mol. The first-order chi connectivity index (χ1) is 9.16. The van der Waals surface area contributed by atoms with Crippen molar-refractivity contribution in [3.8, 4) is 0 Å². The first-order valence-corrected chi connectivity index (χ1v) is 7.10.